The van der Waals surface area contributed by atoms with Crippen molar-refractivity contribution in [2.45, 2.75) is 20.3 Å². The van der Waals surface area contributed by atoms with Gasteiger partial charge in [0.05, 0.1) is 24.3 Å². The summed E-state index contributed by atoms with van der Waals surface area (Å²) in [5, 5.41) is 4.41. The van der Waals surface area contributed by atoms with Crippen LogP contribution < -0.4 is 20.3 Å². The molecule has 0 saturated carbocycles. The lowest BCUT2D eigenvalue weighted by molar-refractivity contribution is 0.0846. The predicted molar refractivity (Wildman–Crippen MR) is 107 cm³/mol. The van der Waals surface area contributed by atoms with Crippen molar-refractivity contribution in [3.63, 3.8) is 0 Å². The molecule has 3 aromatic rings. The minimum atomic E-state index is -0.489. The van der Waals surface area contributed by atoms with E-state index in [1.807, 2.05) is 6.07 Å². The maximum absolute atomic E-state index is 12.8. The molecule has 4 rings (SSSR count). The van der Waals surface area contributed by atoms with Gasteiger partial charge in [-0.05, 0) is 38.1 Å². The Morgan fingerprint density at radius 3 is 2.40 bits per heavy atom. The number of nitrogens with zero attached hydrogens (tertiary/aromatic N) is 2. The van der Waals surface area contributed by atoms with E-state index in [4.69, 9.17) is 13.9 Å². The third kappa shape index (κ3) is 3.86. The molecule has 3 heterocycles. The number of aryl methyl sites for hydroxylation is 3. The Morgan fingerprint density at radius 2 is 1.70 bits per heavy atom. The van der Waals surface area contributed by atoms with E-state index in [9.17, 15) is 9.59 Å². The van der Waals surface area contributed by atoms with Crippen molar-refractivity contribution in [1.82, 2.24) is 20.6 Å². The van der Waals surface area contributed by atoms with Crippen LogP contribution in [0.1, 0.15) is 38.7 Å². The highest BCUT2D eigenvalue weighted by molar-refractivity contribution is 6.02. The molecule has 0 spiro atoms. The molecule has 2 amide bonds. The van der Waals surface area contributed by atoms with E-state index in [0.717, 1.165) is 6.42 Å². The van der Waals surface area contributed by atoms with Gasteiger partial charge in [0.15, 0.2) is 11.5 Å². The highest BCUT2D eigenvalue weighted by Gasteiger charge is 2.21. The van der Waals surface area contributed by atoms with Gasteiger partial charge >= 0.3 is 0 Å². The number of amides is 2. The van der Waals surface area contributed by atoms with Crippen LogP contribution in [0.15, 0.2) is 34.9 Å². The molecular weight excluding hydrogens is 388 g/mol. The molecule has 1 aliphatic rings. The smallest absolute Gasteiger partial charge is 0.273 e. The first-order valence-corrected chi connectivity index (χ1v) is 9.54. The SMILES string of the molecule is Cc1cc(C(=O)NNC(=O)c2cn(C)nc2-c2ccc3c(c2)OCCCO3)c(C)o1. The summed E-state index contributed by atoms with van der Waals surface area (Å²) < 4.78 is 18.3. The molecule has 9 heteroatoms. The first kappa shape index (κ1) is 19.6. The molecule has 0 saturated heterocycles. The van der Waals surface area contributed by atoms with Crippen LogP contribution in [0.5, 0.6) is 11.5 Å². The second kappa shape index (κ2) is 7.94. The fourth-order valence-corrected chi connectivity index (χ4v) is 3.28. The quantitative estimate of drug-likeness (QED) is 0.643. The summed E-state index contributed by atoms with van der Waals surface area (Å²) in [5.41, 5.74) is 6.71. The van der Waals surface area contributed by atoms with Crippen LogP contribution >= 0.6 is 0 Å². The summed E-state index contributed by atoms with van der Waals surface area (Å²) in [6.45, 7) is 4.59. The second-order valence-corrected chi connectivity index (χ2v) is 7.01. The first-order valence-electron chi connectivity index (χ1n) is 9.54. The molecule has 0 fully saturated rings. The van der Waals surface area contributed by atoms with Crippen molar-refractivity contribution in [1.29, 1.82) is 0 Å². The largest absolute Gasteiger partial charge is 0.490 e. The molecule has 1 aliphatic heterocycles. The van der Waals surface area contributed by atoms with E-state index in [1.165, 1.54) is 0 Å². The summed E-state index contributed by atoms with van der Waals surface area (Å²) in [5.74, 6) is 1.42. The van der Waals surface area contributed by atoms with Crippen molar-refractivity contribution in [2.75, 3.05) is 13.2 Å². The number of hydrazine groups is 1. The standard InChI is InChI=1S/C21H22N4O5/c1-12-9-15(13(2)30-12)20(26)22-23-21(27)16-11-25(3)24-19(16)14-5-6-17-18(10-14)29-8-4-7-28-17/h5-6,9-11H,4,7-8H2,1-3H3,(H,22,26)(H,23,27). The number of rotatable bonds is 3. The zero-order valence-electron chi connectivity index (χ0n) is 16.9. The minimum Gasteiger partial charge on any atom is -0.490 e. The zero-order valence-corrected chi connectivity index (χ0v) is 16.9. The first-order chi connectivity index (χ1) is 14.4. The van der Waals surface area contributed by atoms with E-state index in [1.54, 1.807) is 50.0 Å². The number of nitrogens with one attached hydrogen (secondary N) is 2. The molecular formula is C21H22N4O5. The maximum Gasteiger partial charge on any atom is 0.273 e. The Bertz CT molecular complexity index is 1110. The average molecular weight is 410 g/mol. The number of carbonyl (C=O) groups is 2. The molecule has 9 nitrogen and oxygen atoms in total. The maximum atomic E-state index is 12.8. The van der Waals surface area contributed by atoms with Crippen LogP contribution in [-0.4, -0.2) is 34.8 Å². The van der Waals surface area contributed by atoms with Crippen LogP contribution in [0.25, 0.3) is 11.3 Å². The monoisotopic (exact) mass is 410 g/mol. The molecule has 0 atom stereocenters. The fourth-order valence-electron chi connectivity index (χ4n) is 3.28. The number of hydrogen-bond acceptors (Lipinski definition) is 6. The molecule has 30 heavy (non-hydrogen) atoms. The van der Waals surface area contributed by atoms with Gasteiger partial charge in [-0.1, -0.05) is 0 Å². The third-order valence-corrected chi connectivity index (χ3v) is 4.67. The summed E-state index contributed by atoms with van der Waals surface area (Å²) in [6, 6.07) is 7.04. The molecule has 0 bridgehead atoms. The molecule has 156 valence electrons. The number of furan rings is 1. The van der Waals surface area contributed by atoms with Gasteiger partial charge in [-0.2, -0.15) is 5.10 Å². The van der Waals surface area contributed by atoms with Gasteiger partial charge in [-0.25, -0.2) is 0 Å². The van der Waals surface area contributed by atoms with Gasteiger partial charge in [-0.3, -0.25) is 25.1 Å². The van der Waals surface area contributed by atoms with Crippen molar-refractivity contribution in [2.24, 2.45) is 7.05 Å². The summed E-state index contributed by atoms with van der Waals surface area (Å²) in [6.07, 6.45) is 2.39. The number of ether oxygens (including phenoxy) is 2. The molecule has 0 radical (unpaired) electrons. The van der Waals surface area contributed by atoms with Crippen LogP contribution in [-0.2, 0) is 7.05 Å². The highest BCUT2D eigenvalue weighted by atomic mass is 16.5. The third-order valence-electron chi connectivity index (χ3n) is 4.67. The van der Waals surface area contributed by atoms with Gasteiger partial charge in [0.2, 0.25) is 0 Å². The molecule has 2 aromatic heterocycles. The number of carbonyl (C=O) groups excluding carboxylic acids is 2. The van der Waals surface area contributed by atoms with Gasteiger partial charge < -0.3 is 13.9 Å². The van der Waals surface area contributed by atoms with E-state index in [0.29, 0.717) is 58.6 Å². The van der Waals surface area contributed by atoms with Gasteiger partial charge in [0.25, 0.3) is 11.8 Å². The summed E-state index contributed by atoms with van der Waals surface area (Å²) >= 11 is 0. The minimum absolute atomic E-state index is 0.312. The van der Waals surface area contributed by atoms with E-state index in [2.05, 4.69) is 16.0 Å². The highest BCUT2D eigenvalue weighted by Crippen LogP contribution is 2.34. The van der Waals surface area contributed by atoms with Crippen LogP contribution in [0.2, 0.25) is 0 Å². The van der Waals surface area contributed by atoms with Crippen LogP contribution in [0.4, 0.5) is 0 Å². The van der Waals surface area contributed by atoms with Gasteiger partial charge in [0.1, 0.15) is 17.2 Å². The molecule has 2 N–H and O–H groups in total. The fraction of sp³-hybridized carbons (Fsp3) is 0.286. The Balaban J connectivity index is 1.54. The van der Waals surface area contributed by atoms with Crippen molar-refractivity contribution in [3.05, 3.63) is 53.1 Å². The number of aromatic nitrogens is 2. The Hall–Kier alpha value is -3.75. The zero-order chi connectivity index (χ0) is 21.3. The molecule has 0 unspecified atom stereocenters. The van der Waals surface area contributed by atoms with E-state index < -0.39 is 11.8 Å². The van der Waals surface area contributed by atoms with E-state index in [-0.39, 0.29) is 0 Å². The lowest BCUT2D eigenvalue weighted by Gasteiger charge is -2.10. The second-order valence-electron chi connectivity index (χ2n) is 7.01. The van der Waals surface area contributed by atoms with Crippen molar-refractivity contribution >= 4 is 11.8 Å². The molecule has 1 aromatic carbocycles. The average Bonchev–Trinajstić information content (AvgIpc) is 3.17. The Labute approximate surface area is 172 Å². The lowest BCUT2D eigenvalue weighted by Crippen LogP contribution is -2.41. The summed E-state index contributed by atoms with van der Waals surface area (Å²) in [4.78, 5) is 25.1. The van der Waals surface area contributed by atoms with E-state index >= 15 is 0 Å². The number of fused-ring (bicyclic) bond motifs is 1. The van der Waals surface area contributed by atoms with Crippen molar-refractivity contribution in [3.8, 4) is 22.8 Å². The van der Waals surface area contributed by atoms with Crippen LogP contribution in [0, 0.1) is 13.8 Å². The molecule has 0 aliphatic carbocycles. The lowest BCUT2D eigenvalue weighted by atomic mass is 10.1. The van der Waals surface area contributed by atoms with Gasteiger partial charge in [0, 0.05) is 25.2 Å². The number of hydrogen-bond donors (Lipinski definition) is 2. The topological polar surface area (TPSA) is 108 Å². The predicted octanol–water partition coefficient (Wildman–Crippen LogP) is 2.53. The van der Waals surface area contributed by atoms with Crippen molar-refractivity contribution < 1.29 is 23.5 Å². The van der Waals surface area contributed by atoms with Gasteiger partial charge in [-0.15, -0.1) is 0 Å². The number of benzene rings is 1. The van der Waals surface area contributed by atoms with Crippen LogP contribution in [0.3, 0.4) is 0 Å². The normalized spacial score (nSPS) is 12.9. The summed E-state index contributed by atoms with van der Waals surface area (Å²) in [7, 11) is 1.72. The Kier molecular flexibility index (Phi) is 5.18. The Morgan fingerprint density at radius 1 is 1.00 bits per heavy atom.